The molecule has 0 spiro atoms. The van der Waals surface area contributed by atoms with Gasteiger partial charge in [-0.15, -0.1) is 0 Å². The number of methoxy groups -OCH3 is 1. The second-order valence-corrected chi connectivity index (χ2v) is 6.36. The van der Waals surface area contributed by atoms with E-state index in [1.165, 1.54) is 0 Å². The van der Waals surface area contributed by atoms with E-state index in [9.17, 15) is 9.59 Å². The Balaban J connectivity index is 1.69. The number of nitrogens with zero attached hydrogens (tertiary/aromatic N) is 3. The van der Waals surface area contributed by atoms with E-state index in [4.69, 9.17) is 4.74 Å². The van der Waals surface area contributed by atoms with Gasteiger partial charge in [0.15, 0.2) is 0 Å². The topological polar surface area (TPSA) is 62.7 Å². The van der Waals surface area contributed by atoms with Crippen molar-refractivity contribution in [3.05, 3.63) is 54.2 Å². The van der Waals surface area contributed by atoms with E-state index in [1.54, 1.807) is 42.3 Å². The number of benzene rings is 1. The first-order valence-corrected chi connectivity index (χ1v) is 8.71. The highest BCUT2D eigenvalue weighted by molar-refractivity contribution is 5.99. The molecule has 2 heterocycles. The molecule has 2 aromatic rings. The van der Waals surface area contributed by atoms with Crippen LogP contribution < -0.4 is 9.64 Å². The van der Waals surface area contributed by atoms with E-state index < -0.39 is 6.04 Å². The number of carbonyl (C=O) groups excluding carboxylic acids is 2. The third-order valence-electron chi connectivity index (χ3n) is 4.70. The standard InChI is InChI=1S/C20H23N3O3/c1-22(16-10-11-18(26-2)21-14-16)20(25)17-9-6-12-23(17)19(24)13-15-7-4-3-5-8-15/h3-5,7-8,10-11,14,17H,6,9,12-13H2,1-2H3. The fraction of sp³-hybridized carbons (Fsp3) is 0.350. The van der Waals surface area contributed by atoms with Crippen LogP contribution in [0.1, 0.15) is 18.4 Å². The largest absolute Gasteiger partial charge is 0.481 e. The Kier molecular flexibility index (Phi) is 5.51. The lowest BCUT2D eigenvalue weighted by Crippen LogP contribution is -2.47. The van der Waals surface area contributed by atoms with E-state index in [2.05, 4.69) is 4.98 Å². The van der Waals surface area contributed by atoms with Gasteiger partial charge in [0.1, 0.15) is 6.04 Å². The van der Waals surface area contributed by atoms with E-state index in [0.717, 1.165) is 12.0 Å². The van der Waals surface area contributed by atoms with Crippen molar-refractivity contribution >= 4 is 17.5 Å². The molecule has 2 amide bonds. The molecule has 1 fully saturated rings. The van der Waals surface area contributed by atoms with Crippen molar-refractivity contribution in [1.82, 2.24) is 9.88 Å². The molecule has 0 aliphatic carbocycles. The summed E-state index contributed by atoms with van der Waals surface area (Å²) in [7, 11) is 3.26. The first-order chi connectivity index (χ1) is 12.6. The molecule has 26 heavy (non-hydrogen) atoms. The van der Waals surface area contributed by atoms with Gasteiger partial charge in [-0.05, 0) is 24.5 Å². The van der Waals surface area contributed by atoms with Gasteiger partial charge in [-0.25, -0.2) is 4.98 Å². The van der Waals surface area contributed by atoms with Crippen LogP contribution in [0.25, 0.3) is 0 Å². The smallest absolute Gasteiger partial charge is 0.249 e. The highest BCUT2D eigenvalue weighted by Gasteiger charge is 2.35. The normalized spacial score (nSPS) is 16.4. The molecule has 3 rings (SSSR count). The Hall–Kier alpha value is -2.89. The first-order valence-electron chi connectivity index (χ1n) is 8.71. The summed E-state index contributed by atoms with van der Waals surface area (Å²) in [4.78, 5) is 33.1. The van der Waals surface area contributed by atoms with Crippen molar-refractivity contribution in [3.8, 4) is 5.88 Å². The van der Waals surface area contributed by atoms with E-state index in [0.29, 0.717) is 31.0 Å². The maximum Gasteiger partial charge on any atom is 0.249 e. The van der Waals surface area contributed by atoms with Crippen molar-refractivity contribution in [1.29, 1.82) is 0 Å². The van der Waals surface area contributed by atoms with Crippen LogP contribution in [-0.4, -0.2) is 48.4 Å². The van der Waals surface area contributed by atoms with Gasteiger partial charge in [-0.3, -0.25) is 9.59 Å². The molecule has 1 aromatic heterocycles. The van der Waals surface area contributed by atoms with Crippen molar-refractivity contribution < 1.29 is 14.3 Å². The lowest BCUT2D eigenvalue weighted by molar-refractivity contribution is -0.136. The van der Waals surface area contributed by atoms with Crippen molar-refractivity contribution in [2.45, 2.75) is 25.3 Å². The zero-order valence-corrected chi connectivity index (χ0v) is 15.1. The van der Waals surface area contributed by atoms with E-state index in [1.807, 2.05) is 30.3 Å². The second kappa shape index (κ2) is 7.99. The predicted molar refractivity (Wildman–Crippen MR) is 99.1 cm³/mol. The van der Waals surface area contributed by atoms with E-state index in [-0.39, 0.29) is 11.8 Å². The molecule has 0 saturated carbocycles. The van der Waals surface area contributed by atoms with Crippen LogP contribution in [-0.2, 0) is 16.0 Å². The Morgan fingerprint density at radius 1 is 1.23 bits per heavy atom. The fourth-order valence-electron chi connectivity index (χ4n) is 3.24. The Morgan fingerprint density at radius 3 is 2.65 bits per heavy atom. The highest BCUT2D eigenvalue weighted by atomic mass is 16.5. The molecule has 1 aliphatic rings. The predicted octanol–water partition coefficient (Wildman–Crippen LogP) is 2.29. The number of amides is 2. The Morgan fingerprint density at radius 2 is 2.00 bits per heavy atom. The SMILES string of the molecule is COc1ccc(N(C)C(=O)C2CCCN2C(=O)Cc2ccccc2)cn1. The molecule has 0 N–H and O–H groups in total. The summed E-state index contributed by atoms with van der Waals surface area (Å²) in [6.07, 6.45) is 3.44. The molecule has 1 aromatic carbocycles. The van der Waals surface area contributed by atoms with Crippen molar-refractivity contribution in [2.75, 3.05) is 25.6 Å². The van der Waals surface area contributed by atoms with Gasteiger partial charge in [-0.1, -0.05) is 30.3 Å². The average Bonchev–Trinajstić information content (AvgIpc) is 3.17. The third kappa shape index (κ3) is 3.85. The number of ether oxygens (including phenoxy) is 1. The summed E-state index contributed by atoms with van der Waals surface area (Å²) in [5, 5.41) is 0. The van der Waals surface area contributed by atoms with E-state index >= 15 is 0 Å². The van der Waals surface area contributed by atoms with Crippen LogP contribution in [0, 0.1) is 0 Å². The van der Waals surface area contributed by atoms with Gasteiger partial charge < -0.3 is 14.5 Å². The zero-order valence-electron chi connectivity index (χ0n) is 15.1. The summed E-state index contributed by atoms with van der Waals surface area (Å²) in [6.45, 7) is 0.622. The number of anilines is 1. The number of hydrogen-bond donors (Lipinski definition) is 0. The highest BCUT2D eigenvalue weighted by Crippen LogP contribution is 2.23. The summed E-state index contributed by atoms with van der Waals surface area (Å²) in [5.41, 5.74) is 1.64. The van der Waals surface area contributed by atoms with Crippen LogP contribution in [0.4, 0.5) is 5.69 Å². The maximum absolute atomic E-state index is 12.9. The minimum absolute atomic E-state index is 0.00620. The number of carbonyl (C=O) groups is 2. The molecule has 0 bridgehead atoms. The number of pyridine rings is 1. The summed E-state index contributed by atoms with van der Waals surface area (Å²) >= 11 is 0. The van der Waals surface area contributed by atoms with Crippen molar-refractivity contribution in [3.63, 3.8) is 0 Å². The minimum Gasteiger partial charge on any atom is -0.481 e. The molecule has 1 atom stereocenters. The number of aromatic nitrogens is 1. The number of hydrogen-bond acceptors (Lipinski definition) is 4. The van der Waals surface area contributed by atoms with Crippen LogP contribution in [0.2, 0.25) is 0 Å². The molecule has 136 valence electrons. The van der Waals surface area contributed by atoms with Crippen molar-refractivity contribution in [2.24, 2.45) is 0 Å². The van der Waals surface area contributed by atoms with Crippen LogP contribution >= 0.6 is 0 Å². The Bertz CT molecular complexity index is 762. The minimum atomic E-state index is -0.418. The van der Waals surface area contributed by atoms with Crippen LogP contribution in [0.5, 0.6) is 5.88 Å². The van der Waals surface area contributed by atoms with Gasteiger partial charge >= 0.3 is 0 Å². The lowest BCUT2D eigenvalue weighted by Gasteiger charge is -2.28. The fourth-order valence-corrected chi connectivity index (χ4v) is 3.24. The van der Waals surface area contributed by atoms with Gasteiger partial charge in [-0.2, -0.15) is 0 Å². The van der Waals surface area contributed by atoms with Gasteiger partial charge in [0.25, 0.3) is 0 Å². The number of likely N-dealkylation sites (N-methyl/N-ethyl adjacent to an activating group) is 1. The molecule has 0 radical (unpaired) electrons. The molecule has 6 nitrogen and oxygen atoms in total. The summed E-state index contributed by atoms with van der Waals surface area (Å²) in [6, 6.07) is 12.7. The lowest BCUT2D eigenvalue weighted by atomic mass is 10.1. The monoisotopic (exact) mass is 353 g/mol. The quantitative estimate of drug-likeness (QED) is 0.827. The molecule has 1 aliphatic heterocycles. The third-order valence-corrected chi connectivity index (χ3v) is 4.70. The Labute approximate surface area is 153 Å². The maximum atomic E-state index is 12.9. The molecule has 1 saturated heterocycles. The molecule has 6 heteroatoms. The summed E-state index contributed by atoms with van der Waals surface area (Å²) in [5.74, 6) is 0.402. The second-order valence-electron chi connectivity index (χ2n) is 6.36. The van der Waals surface area contributed by atoms with Gasteiger partial charge in [0.2, 0.25) is 17.7 Å². The zero-order chi connectivity index (χ0) is 18.5. The molecule has 1 unspecified atom stereocenters. The van der Waals surface area contributed by atoms with Crippen LogP contribution in [0.3, 0.4) is 0 Å². The average molecular weight is 353 g/mol. The van der Waals surface area contributed by atoms with Gasteiger partial charge in [0.05, 0.1) is 25.4 Å². The summed E-state index contributed by atoms with van der Waals surface area (Å²) < 4.78 is 5.05. The number of likely N-dealkylation sites (tertiary alicyclic amines) is 1. The van der Waals surface area contributed by atoms with Gasteiger partial charge in [0, 0.05) is 19.7 Å². The number of rotatable bonds is 5. The molecular weight excluding hydrogens is 330 g/mol. The first kappa shape index (κ1) is 17.9. The van der Waals surface area contributed by atoms with Crippen LogP contribution in [0.15, 0.2) is 48.7 Å². The molecular formula is C20H23N3O3.